The van der Waals surface area contributed by atoms with Crippen LogP contribution in [0.3, 0.4) is 0 Å². The van der Waals surface area contributed by atoms with Crippen LogP contribution in [-0.2, 0) is 0 Å². The summed E-state index contributed by atoms with van der Waals surface area (Å²) in [6.45, 7) is 5.61. The lowest BCUT2D eigenvalue weighted by Crippen LogP contribution is -2.03. The molecule has 1 aromatic rings. The van der Waals surface area contributed by atoms with Crippen LogP contribution in [0.2, 0.25) is 0 Å². The zero-order valence-electron chi connectivity index (χ0n) is 6.99. The maximum absolute atomic E-state index is 4.10. The summed E-state index contributed by atoms with van der Waals surface area (Å²) in [7, 11) is 0. The summed E-state index contributed by atoms with van der Waals surface area (Å²) in [5.41, 5.74) is 4.27. The minimum Gasteiger partial charge on any atom is -0.277 e. The first-order valence-corrected chi connectivity index (χ1v) is 3.68. The molecule has 62 valence electrons. The molecule has 1 rings (SSSR count). The number of pyridine rings is 1. The standard InChI is InChI=1S/C9H11N3/c1-3-11-12-8(2)9-6-4-5-7-10-9/h3-7,12H,2H2,1H3/b11-3-. The number of nitrogens with zero attached hydrogens (tertiary/aromatic N) is 2. The number of nitrogens with one attached hydrogen (secondary N) is 1. The lowest BCUT2D eigenvalue weighted by Gasteiger charge is -2.01. The van der Waals surface area contributed by atoms with E-state index in [1.165, 1.54) is 0 Å². The molecule has 3 nitrogen and oxygen atoms in total. The molecular formula is C9H11N3. The molecule has 0 aromatic carbocycles. The second kappa shape index (κ2) is 4.28. The van der Waals surface area contributed by atoms with Crippen molar-refractivity contribution >= 4 is 11.9 Å². The van der Waals surface area contributed by atoms with Crippen molar-refractivity contribution in [3.05, 3.63) is 36.7 Å². The van der Waals surface area contributed by atoms with Crippen molar-refractivity contribution < 1.29 is 0 Å². The number of hydrazone groups is 1. The molecule has 0 aliphatic heterocycles. The summed E-state index contributed by atoms with van der Waals surface area (Å²) in [5, 5.41) is 3.83. The Morgan fingerprint density at radius 1 is 1.67 bits per heavy atom. The Labute approximate surface area is 71.8 Å². The van der Waals surface area contributed by atoms with Gasteiger partial charge in [0.2, 0.25) is 0 Å². The molecule has 0 spiro atoms. The van der Waals surface area contributed by atoms with E-state index in [-0.39, 0.29) is 0 Å². The van der Waals surface area contributed by atoms with Crippen molar-refractivity contribution in [3.63, 3.8) is 0 Å². The molecule has 0 bridgehead atoms. The van der Waals surface area contributed by atoms with Gasteiger partial charge in [0, 0.05) is 12.4 Å². The third-order valence-electron chi connectivity index (χ3n) is 1.30. The van der Waals surface area contributed by atoms with E-state index in [4.69, 9.17) is 0 Å². The van der Waals surface area contributed by atoms with Crippen LogP contribution in [0.5, 0.6) is 0 Å². The Balaban J connectivity index is 2.66. The third-order valence-corrected chi connectivity index (χ3v) is 1.30. The first kappa shape index (κ1) is 8.46. The van der Waals surface area contributed by atoms with Crippen LogP contribution in [-0.4, -0.2) is 11.2 Å². The summed E-state index contributed by atoms with van der Waals surface area (Å²) in [4.78, 5) is 4.10. The SMILES string of the molecule is C=C(N/N=C\C)c1ccccn1. The van der Waals surface area contributed by atoms with E-state index in [9.17, 15) is 0 Å². The molecule has 0 aliphatic rings. The Kier molecular flexibility index (Phi) is 3.02. The van der Waals surface area contributed by atoms with Gasteiger partial charge in [-0.2, -0.15) is 5.10 Å². The minimum absolute atomic E-state index is 0.703. The van der Waals surface area contributed by atoms with Gasteiger partial charge in [0.15, 0.2) is 0 Å². The Bertz CT molecular complexity index is 277. The topological polar surface area (TPSA) is 37.3 Å². The fraction of sp³-hybridized carbons (Fsp3) is 0.111. The molecule has 1 aromatic heterocycles. The van der Waals surface area contributed by atoms with Crippen LogP contribution in [0.15, 0.2) is 36.1 Å². The van der Waals surface area contributed by atoms with Crippen LogP contribution < -0.4 is 5.43 Å². The molecule has 0 aliphatic carbocycles. The smallest absolute Gasteiger partial charge is 0.0873 e. The largest absolute Gasteiger partial charge is 0.277 e. The summed E-state index contributed by atoms with van der Waals surface area (Å²) in [5.74, 6) is 0. The van der Waals surface area contributed by atoms with Crippen LogP contribution in [0.1, 0.15) is 12.6 Å². The number of hydrogen-bond donors (Lipinski definition) is 1. The van der Waals surface area contributed by atoms with Gasteiger partial charge in [0.05, 0.1) is 11.4 Å². The fourth-order valence-electron chi connectivity index (χ4n) is 0.741. The van der Waals surface area contributed by atoms with Gasteiger partial charge in [0.1, 0.15) is 0 Å². The summed E-state index contributed by atoms with van der Waals surface area (Å²) < 4.78 is 0. The van der Waals surface area contributed by atoms with Crippen molar-refractivity contribution in [2.24, 2.45) is 5.10 Å². The van der Waals surface area contributed by atoms with Gasteiger partial charge in [-0.25, -0.2) is 0 Å². The lowest BCUT2D eigenvalue weighted by molar-refractivity contribution is 0.986. The Morgan fingerprint density at radius 3 is 3.08 bits per heavy atom. The average molecular weight is 161 g/mol. The van der Waals surface area contributed by atoms with Crippen molar-refractivity contribution in [1.82, 2.24) is 10.4 Å². The maximum atomic E-state index is 4.10. The Hall–Kier alpha value is -1.64. The van der Waals surface area contributed by atoms with Gasteiger partial charge in [-0.05, 0) is 19.1 Å². The van der Waals surface area contributed by atoms with Crippen LogP contribution in [0.4, 0.5) is 0 Å². The lowest BCUT2D eigenvalue weighted by atomic mass is 10.3. The molecule has 0 amide bonds. The van der Waals surface area contributed by atoms with Crippen molar-refractivity contribution in [2.75, 3.05) is 0 Å². The van der Waals surface area contributed by atoms with Gasteiger partial charge >= 0.3 is 0 Å². The number of aromatic nitrogens is 1. The van der Waals surface area contributed by atoms with Crippen LogP contribution in [0, 0.1) is 0 Å². The number of rotatable bonds is 3. The minimum atomic E-state index is 0.703. The van der Waals surface area contributed by atoms with E-state index in [0.717, 1.165) is 5.69 Å². The zero-order valence-corrected chi connectivity index (χ0v) is 6.99. The van der Waals surface area contributed by atoms with Crippen molar-refractivity contribution in [2.45, 2.75) is 6.92 Å². The molecule has 0 saturated carbocycles. The molecule has 0 radical (unpaired) electrons. The van der Waals surface area contributed by atoms with Crippen molar-refractivity contribution in [1.29, 1.82) is 0 Å². The first-order valence-electron chi connectivity index (χ1n) is 3.68. The molecule has 0 unspecified atom stereocenters. The number of hydrogen-bond acceptors (Lipinski definition) is 3. The molecule has 12 heavy (non-hydrogen) atoms. The molecule has 0 saturated heterocycles. The van der Waals surface area contributed by atoms with Gasteiger partial charge in [0.25, 0.3) is 0 Å². The molecule has 0 fully saturated rings. The summed E-state index contributed by atoms with van der Waals surface area (Å²) in [6.07, 6.45) is 3.38. The second-order valence-corrected chi connectivity index (χ2v) is 2.19. The predicted octanol–water partition coefficient (Wildman–Crippen LogP) is 1.65. The fourth-order valence-corrected chi connectivity index (χ4v) is 0.741. The zero-order chi connectivity index (χ0) is 8.81. The highest BCUT2D eigenvalue weighted by atomic mass is 15.3. The van der Waals surface area contributed by atoms with Crippen LogP contribution >= 0.6 is 0 Å². The third kappa shape index (κ3) is 2.20. The Morgan fingerprint density at radius 2 is 2.50 bits per heavy atom. The normalized spacial score (nSPS) is 10.1. The van der Waals surface area contributed by atoms with E-state index in [1.807, 2.05) is 25.1 Å². The van der Waals surface area contributed by atoms with E-state index in [0.29, 0.717) is 5.70 Å². The molecule has 1 N–H and O–H groups in total. The second-order valence-electron chi connectivity index (χ2n) is 2.19. The highest BCUT2D eigenvalue weighted by molar-refractivity contribution is 5.60. The molecule has 3 heteroatoms. The van der Waals surface area contributed by atoms with E-state index in [2.05, 4.69) is 22.1 Å². The van der Waals surface area contributed by atoms with Gasteiger partial charge in [-0.15, -0.1) is 0 Å². The predicted molar refractivity (Wildman–Crippen MR) is 50.6 cm³/mol. The van der Waals surface area contributed by atoms with E-state index in [1.54, 1.807) is 12.4 Å². The highest BCUT2D eigenvalue weighted by Gasteiger charge is 1.94. The van der Waals surface area contributed by atoms with Crippen molar-refractivity contribution in [3.8, 4) is 0 Å². The summed E-state index contributed by atoms with van der Waals surface area (Å²) in [6, 6.07) is 5.64. The monoisotopic (exact) mass is 161 g/mol. The van der Waals surface area contributed by atoms with Crippen LogP contribution in [0.25, 0.3) is 5.70 Å². The molecule has 1 heterocycles. The first-order chi connectivity index (χ1) is 5.84. The van der Waals surface area contributed by atoms with E-state index >= 15 is 0 Å². The van der Waals surface area contributed by atoms with Gasteiger partial charge in [-0.1, -0.05) is 12.6 Å². The maximum Gasteiger partial charge on any atom is 0.0873 e. The summed E-state index contributed by atoms with van der Waals surface area (Å²) >= 11 is 0. The quantitative estimate of drug-likeness (QED) is 0.540. The van der Waals surface area contributed by atoms with E-state index < -0.39 is 0 Å². The van der Waals surface area contributed by atoms with Gasteiger partial charge in [-0.3, -0.25) is 10.4 Å². The highest BCUT2D eigenvalue weighted by Crippen LogP contribution is 2.03. The van der Waals surface area contributed by atoms with Gasteiger partial charge < -0.3 is 0 Å². The molecular weight excluding hydrogens is 150 g/mol. The molecule has 0 atom stereocenters. The average Bonchev–Trinajstić information content (AvgIpc) is 2.15.